The highest BCUT2D eigenvalue weighted by atomic mass is 32.2. The predicted molar refractivity (Wildman–Crippen MR) is 189 cm³/mol. The number of thiol groups is 1. The number of imidazole rings is 1. The van der Waals surface area contributed by atoms with Crippen molar-refractivity contribution in [3.63, 3.8) is 0 Å². The molecule has 0 aliphatic carbocycles. The van der Waals surface area contributed by atoms with Crippen molar-refractivity contribution in [3.05, 3.63) is 106 Å². The van der Waals surface area contributed by atoms with Crippen molar-refractivity contribution in [2.45, 2.75) is 91.7 Å². The average Bonchev–Trinajstić information content (AvgIpc) is 3.49. The fraction of sp³-hybridized carbons (Fsp3) is 0.405. The summed E-state index contributed by atoms with van der Waals surface area (Å²) in [5.41, 5.74) is 7.97. The third-order valence-corrected chi connectivity index (χ3v) is 8.88. The van der Waals surface area contributed by atoms with E-state index < -0.39 is 4.75 Å². The zero-order valence-electron chi connectivity index (χ0n) is 27.2. The molecule has 6 heteroatoms. The number of ketones is 1. The van der Waals surface area contributed by atoms with Crippen molar-refractivity contribution in [3.8, 4) is 17.1 Å². The summed E-state index contributed by atoms with van der Waals surface area (Å²) in [6, 6.07) is 19.7. The minimum absolute atomic E-state index is 0.0493. The number of aromatic nitrogens is 2. The van der Waals surface area contributed by atoms with Gasteiger partial charge in [0.15, 0.2) is 5.78 Å². The van der Waals surface area contributed by atoms with Crippen LogP contribution in [0.2, 0.25) is 0 Å². The minimum atomic E-state index is -0.727. The molecular weight excluding hydrogens is 572 g/mol. The van der Waals surface area contributed by atoms with Gasteiger partial charge in [0, 0.05) is 29.9 Å². The number of halogens is 1. The summed E-state index contributed by atoms with van der Waals surface area (Å²) >= 11 is 3.92. The Morgan fingerprint density at radius 1 is 0.907 bits per heavy atom. The number of nitrogens with zero attached hydrogens (tertiary/aromatic N) is 2. The summed E-state index contributed by atoms with van der Waals surface area (Å²) in [7, 11) is 0. The van der Waals surface area contributed by atoms with E-state index in [9.17, 15) is 8.68 Å². The lowest BCUT2D eigenvalue weighted by Crippen LogP contribution is -2.21. The van der Waals surface area contributed by atoms with Crippen LogP contribution in [0, 0.1) is 20.8 Å². The molecule has 3 aromatic carbocycles. The Morgan fingerprint density at radius 2 is 1.51 bits per heavy atom. The van der Waals surface area contributed by atoms with Crippen LogP contribution in [0.4, 0.5) is 3.89 Å². The molecule has 0 N–H and O–H groups in total. The van der Waals surface area contributed by atoms with Gasteiger partial charge in [0.1, 0.15) is 5.82 Å². The van der Waals surface area contributed by atoms with Gasteiger partial charge >= 0.3 is 0 Å². The molecule has 3 nitrogen and oxygen atoms in total. The maximum atomic E-state index is 14.7. The number of benzene rings is 3. The van der Waals surface area contributed by atoms with E-state index in [1.807, 2.05) is 68.6 Å². The van der Waals surface area contributed by atoms with Crippen molar-refractivity contribution >= 4 is 30.6 Å². The molecule has 4 rings (SSSR count). The van der Waals surface area contributed by atoms with E-state index in [2.05, 4.69) is 63.9 Å². The summed E-state index contributed by atoms with van der Waals surface area (Å²) in [6.07, 6.45) is 11.1. The third kappa shape index (κ3) is 9.09. The molecule has 232 valence electrons. The first-order valence-electron chi connectivity index (χ1n) is 15.3. The van der Waals surface area contributed by atoms with Crippen LogP contribution >= 0.6 is 24.8 Å². The Balaban J connectivity index is 0.000000836. The zero-order valence-corrected chi connectivity index (χ0v) is 28.9. The molecule has 0 amide bonds. The first-order valence-corrected chi connectivity index (χ1v) is 16.9. The molecule has 0 saturated heterocycles. The van der Waals surface area contributed by atoms with Crippen LogP contribution in [-0.2, 0) is 11.2 Å². The van der Waals surface area contributed by atoms with Crippen LogP contribution < -0.4 is 0 Å². The SMILES string of the molecule is CCC(CC)(SF)c1cc(CC(=O)c2ccccc2)ccc1-c1nccn1-c1c(C)cc(C)cc1C.CCCCC.CS. The summed E-state index contributed by atoms with van der Waals surface area (Å²) in [4.78, 5) is 17.7. The highest BCUT2D eigenvalue weighted by molar-refractivity contribution is 7.95. The molecule has 0 bridgehead atoms. The Morgan fingerprint density at radius 3 is 2.02 bits per heavy atom. The molecule has 1 heterocycles. The molecule has 43 heavy (non-hydrogen) atoms. The van der Waals surface area contributed by atoms with E-state index in [1.54, 1.807) is 12.5 Å². The quantitative estimate of drug-likeness (QED) is 0.134. The fourth-order valence-corrected chi connectivity index (χ4v) is 6.03. The van der Waals surface area contributed by atoms with Gasteiger partial charge in [0.05, 0.1) is 22.6 Å². The Kier molecular flexibility index (Phi) is 15.3. The van der Waals surface area contributed by atoms with Gasteiger partial charge in [-0.3, -0.25) is 9.36 Å². The molecule has 0 aliphatic rings. The first-order chi connectivity index (χ1) is 20.7. The van der Waals surface area contributed by atoms with Gasteiger partial charge in [0.2, 0.25) is 0 Å². The molecule has 0 fully saturated rings. The smallest absolute Gasteiger partial charge is 0.167 e. The van der Waals surface area contributed by atoms with Crippen molar-refractivity contribution in [1.29, 1.82) is 0 Å². The molecule has 0 atom stereocenters. The monoisotopic (exact) mass is 620 g/mol. The Bertz CT molecular complexity index is 1390. The number of carbonyl (C=O) groups is 1. The van der Waals surface area contributed by atoms with Gasteiger partial charge in [0.25, 0.3) is 0 Å². The van der Waals surface area contributed by atoms with Gasteiger partial charge < -0.3 is 0 Å². The molecular formula is C37H49FN2OS2. The Hall–Kier alpha value is -2.83. The standard InChI is InChI=1S/C31H33FN2OS.C5H12.CH4S/c1-6-31(7-2,36-32)27-19-24(20-28(35)25-11-9-8-10-12-25)13-14-26(27)30-33-15-16-34(30)29-22(4)17-21(3)18-23(29)5;1-3-5-4-2;1-2/h8-19H,6-7,20H2,1-5H3;3-5H2,1-2H3;2H,1H3. The van der Waals surface area contributed by atoms with Gasteiger partial charge in [-0.15, -0.1) is 0 Å². The van der Waals surface area contributed by atoms with Crippen molar-refractivity contribution in [2.24, 2.45) is 0 Å². The van der Waals surface area contributed by atoms with Crippen LogP contribution in [0.15, 0.2) is 73.1 Å². The van der Waals surface area contributed by atoms with E-state index in [0.717, 1.165) is 39.3 Å². The van der Waals surface area contributed by atoms with E-state index in [-0.39, 0.29) is 12.2 Å². The number of Topliss-reactive ketones (excluding diaryl/α,β-unsaturated/α-hetero) is 1. The normalized spacial score (nSPS) is 10.8. The van der Waals surface area contributed by atoms with E-state index in [4.69, 9.17) is 4.98 Å². The molecule has 1 aromatic heterocycles. The third-order valence-electron chi connectivity index (χ3n) is 7.79. The van der Waals surface area contributed by atoms with Crippen LogP contribution in [0.25, 0.3) is 17.1 Å². The lowest BCUT2D eigenvalue weighted by Gasteiger charge is -2.30. The summed E-state index contributed by atoms with van der Waals surface area (Å²) in [5, 5.41) is 0. The van der Waals surface area contributed by atoms with Gasteiger partial charge in [-0.05, 0) is 62.1 Å². The number of hydrogen-bond acceptors (Lipinski definition) is 4. The van der Waals surface area contributed by atoms with E-state index >= 15 is 0 Å². The fourth-order valence-electron chi connectivity index (χ4n) is 5.56. The number of aryl methyl sites for hydroxylation is 3. The predicted octanol–water partition coefficient (Wildman–Crippen LogP) is 11.3. The highest BCUT2D eigenvalue weighted by Gasteiger charge is 2.34. The van der Waals surface area contributed by atoms with Crippen molar-refractivity contribution in [2.75, 3.05) is 6.26 Å². The largest absolute Gasteiger partial charge is 0.299 e. The Labute approximate surface area is 269 Å². The summed E-state index contributed by atoms with van der Waals surface area (Å²) in [6.45, 7) is 14.8. The second kappa shape index (κ2) is 18.1. The van der Waals surface area contributed by atoms with E-state index in [1.165, 1.54) is 24.8 Å². The zero-order chi connectivity index (χ0) is 32.0. The number of unbranched alkanes of at least 4 members (excludes halogenated alkanes) is 2. The lowest BCUT2D eigenvalue weighted by molar-refractivity contribution is 0.0993. The average molecular weight is 621 g/mol. The van der Waals surface area contributed by atoms with Crippen molar-refractivity contribution in [1.82, 2.24) is 9.55 Å². The summed E-state index contributed by atoms with van der Waals surface area (Å²) in [5.74, 6) is 0.828. The van der Waals surface area contributed by atoms with Crippen LogP contribution in [0.1, 0.15) is 98.0 Å². The highest BCUT2D eigenvalue weighted by Crippen LogP contribution is 2.47. The number of carbonyl (C=O) groups excluding carboxylic acids is 1. The first kappa shape index (κ1) is 36.4. The number of hydrogen-bond donors (Lipinski definition) is 1. The molecule has 0 radical (unpaired) electrons. The second-order valence-electron chi connectivity index (χ2n) is 10.8. The van der Waals surface area contributed by atoms with E-state index in [0.29, 0.717) is 30.6 Å². The minimum Gasteiger partial charge on any atom is -0.299 e. The summed E-state index contributed by atoms with van der Waals surface area (Å²) < 4.78 is 16.1. The van der Waals surface area contributed by atoms with Gasteiger partial charge in [-0.2, -0.15) is 16.5 Å². The molecule has 0 spiro atoms. The second-order valence-corrected chi connectivity index (χ2v) is 11.8. The van der Waals surface area contributed by atoms with Gasteiger partial charge in [-0.25, -0.2) is 4.98 Å². The van der Waals surface area contributed by atoms with Crippen LogP contribution in [0.5, 0.6) is 0 Å². The maximum absolute atomic E-state index is 14.7. The molecule has 0 aliphatic heterocycles. The molecule has 0 unspecified atom stereocenters. The maximum Gasteiger partial charge on any atom is 0.167 e. The lowest BCUT2D eigenvalue weighted by atomic mass is 9.86. The van der Waals surface area contributed by atoms with Crippen molar-refractivity contribution < 1.29 is 8.68 Å². The molecule has 0 saturated carbocycles. The molecule has 4 aromatic rings. The number of rotatable bonds is 11. The van der Waals surface area contributed by atoms with Crippen LogP contribution in [0.3, 0.4) is 0 Å². The van der Waals surface area contributed by atoms with Gasteiger partial charge in [-0.1, -0.05) is 113 Å². The topological polar surface area (TPSA) is 34.9 Å². The van der Waals surface area contributed by atoms with Crippen LogP contribution in [-0.4, -0.2) is 21.6 Å².